The number of thiazole rings is 1. The van der Waals surface area contributed by atoms with Crippen LogP contribution in [0.15, 0.2) is 17.8 Å². The number of rotatable bonds is 6. The maximum Gasteiger partial charge on any atom is 0.108 e. The van der Waals surface area contributed by atoms with Crippen LogP contribution in [0.4, 0.5) is 0 Å². The van der Waals surface area contributed by atoms with Crippen molar-refractivity contribution in [3.8, 4) is 0 Å². The third-order valence-corrected chi connectivity index (χ3v) is 3.82. The van der Waals surface area contributed by atoms with E-state index in [-0.39, 0.29) is 6.04 Å². The lowest BCUT2D eigenvalue weighted by Gasteiger charge is -2.14. The zero-order valence-electron chi connectivity index (χ0n) is 10.8. The Morgan fingerprint density at radius 3 is 2.94 bits per heavy atom. The molecular weight excluding hydrogens is 246 g/mol. The minimum Gasteiger partial charge on any atom is -0.338 e. The SMILES string of the molecule is Cc1nc(CC(CCc2nccn2C)NN)cs1. The van der Waals surface area contributed by atoms with Crippen molar-refractivity contribution in [2.24, 2.45) is 12.9 Å². The molecule has 0 saturated carbocycles. The van der Waals surface area contributed by atoms with Gasteiger partial charge < -0.3 is 4.57 Å². The van der Waals surface area contributed by atoms with Gasteiger partial charge in [-0.25, -0.2) is 9.97 Å². The van der Waals surface area contributed by atoms with Crippen molar-refractivity contribution in [3.63, 3.8) is 0 Å². The smallest absolute Gasteiger partial charge is 0.108 e. The minimum atomic E-state index is 0.239. The van der Waals surface area contributed by atoms with E-state index in [9.17, 15) is 0 Å². The summed E-state index contributed by atoms with van der Waals surface area (Å²) in [5.74, 6) is 6.69. The molecule has 0 aromatic carbocycles. The quantitative estimate of drug-likeness (QED) is 0.608. The second kappa shape index (κ2) is 6.08. The fraction of sp³-hybridized carbons (Fsp3) is 0.500. The predicted molar refractivity (Wildman–Crippen MR) is 73.2 cm³/mol. The van der Waals surface area contributed by atoms with Gasteiger partial charge in [-0.05, 0) is 13.3 Å². The summed E-state index contributed by atoms with van der Waals surface area (Å²) in [6.45, 7) is 2.02. The highest BCUT2D eigenvalue weighted by Crippen LogP contribution is 2.12. The molecule has 3 N–H and O–H groups in total. The summed E-state index contributed by atoms with van der Waals surface area (Å²) in [4.78, 5) is 8.78. The lowest BCUT2D eigenvalue weighted by atomic mass is 10.1. The van der Waals surface area contributed by atoms with Gasteiger partial charge in [0, 0.05) is 43.7 Å². The predicted octanol–water partition coefficient (Wildman–Crippen LogP) is 1.19. The molecule has 0 bridgehead atoms. The van der Waals surface area contributed by atoms with Crippen LogP contribution in [0.25, 0.3) is 0 Å². The van der Waals surface area contributed by atoms with Crippen molar-refractivity contribution in [1.82, 2.24) is 20.0 Å². The summed E-state index contributed by atoms with van der Waals surface area (Å²) >= 11 is 1.68. The maximum atomic E-state index is 5.60. The van der Waals surface area contributed by atoms with Crippen LogP contribution in [0.1, 0.15) is 22.9 Å². The largest absolute Gasteiger partial charge is 0.338 e. The van der Waals surface area contributed by atoms with Gasteiger partial charge in [-0.3, -0.25) is 11.3 Å². The van der Waals surface area contributed by atoms with E-state index in [0.717, 1.165) is 35.8 Å². The molecule has 0 amide bonds. The van der Waals surface area contributed by atoms with Crippen molar-refractivity contribution in [2.75, 3.05) is 0 Å². The first-order valence-corrected chi connectivity index (χ1v) is 6.90. The summed E-state index contributed by atoms with van der Waals surface area (Å²) in [6, 6.07) is 0.239. The van der Waals surface area contributed by atoms with E-state index in [1.807, 2.05) is 30.9 Å². The van der Waals surface area contributed by atoms with Gasteiger partial charge in [0.05, 0.1) is 10.7 Å². The molecular formula is C12H19N5S. The number of aryl methyl sites for hydroxylation is 3. The molecule has 0 aliphatic rings. The van der Waals surface area contributed by atoms with Crippen LogP contribution in [-0.4, -0.2) is 20.6 Å². The van der Waals surface area contributed by atoms with Crippen LogP contribution in [0, 0.1) is 6.92 Å². The first-order chi connectivity index (χ1) is 8.69. The fourth-order valence-corrected chi connectivity index (χ4v) is 2.56. The van der Waals surface area contributed by atoms with Gasteiger partial charge in [0.2, 0.25) is 0 Å². The van der Waals surface area contributed by atoms with E-state index < -0.39 is 0 Å². The molecule has 98 valence electrons. The molecule has 2 heterocycles. The second-order valence-electron chi connectivity index (χ2n) is 4.42. The average Bonchev–Trinajstić information content (AvgIpc) is 2.94. The Morgan fingerprint density at radius 1 is 1.56 bits per heavy atom. The molecule has 1 unspecified atom stereocenters. The highest BCUT2D eigenvalue weighted by Gasteiger charge is 2.11. The minimum absolute atomic E-state index is 0.239. The van der Waals surface area contributed by atoms with E-state index in [1.54, 1.807) is 11.3 Å². The van der Waals surface area contributed by atoms with Crippen molar-refractivity contribution in [1.29, 1.82) is 0 Å². The van der Waals surface area contributed by atoms with Gasteiger partial charge in [-0.2, -0.15) is 0 Å². The molecule has 1 atom stereocenters. The van der Waals surface area contributed by atoms with Crippen LogP contribution in [0.3, 0.4) is 0 Å². The van der Waals surface area contributed by atoms with Crippen LogP contribution < -0.4 is 11.3 Å². The van der Waals surface area contributed by atoms with Gasteiger partial charge in [-0.1, -0.05) is 0 Å². The van der Waals surface area contributed by atoms with Crippen molar-refractivity contribution in [3.05, 3.63) is 34.3 Å². The summed E-state index contributed by atoms with van der Waals surface area (Å²) in [6.07, 6.45) is 6.53. The Labute approximate surface area is 111 Å². The van der Waals surface area contributed by atoms with Crippen molar-refractivity contribution >= 4 is 11.3 Å². The fourth-order valence-electron chi connectivity index (χ4n) is 1.94. The van der Waals surface area contributed by atoms with Crippen molar-refractivity contribution < 1.29 is 0 Å². The molecule has 6 heteroatoms. The summed E-state index contributed by atoms with van der Waals surface area (Å²) in [7, 11) is 2.01. The van der Waals surface area contributed by atoms with E-state index in [0.29, 0.717) is 0 Å². The summed E-state index contributed by atoms with van der Waals surface area (Å²) < 4.78 is 2.04. The third kappa shape index (κ3) is 3.38. The Kier molecular flexibility index (Phi) is 4.46. The molecule has 2 aromatic heterocycles. The number of nitrogens with zero attached hydrogens (tertiary/aromatic N) is 3. The zero-order valence-corrected chi connectivity index (χ0v) is 11.6. The van der Waals surface area contributed by atoms with Gasteiger partial charge in [-0.15, -0.1) is 11.3 Å². The standard InChI is InChI=1S/C12H19N5S/c1-9-15-11(8-18-9)7-10(16-13)3-4-12-14-5-6-17(12)2/h5-6,8,10,16H,3-4,7,13H2,1-2H3. The number of nitrogens with one attached hydrogen (secondary N) is 1. The Bertz CT molecular complexity index is 490. The Morgan fingerprint density at radius 2 is 2.39 bits per heavy atom. The number of hydrogen-bond acceptors (Lipinski definition) is 5. The second-order valence-corrected chi connectivity index (χ2v) is 5.48. The molecule has 2 aromatic rings. The first kappa shape index (κ1) is 13.2. The van der Waals surface area contributed by atoms with E-state index >= 15 is 0 Å². The van der Waals surface area contributed by atoms with Crippen molar-refractivity contribution in [2.45, 2.75) is 32.2 Å². The maximum absolute atomic E-state index is 5.60. The molecule has 2 rings (SSSR count). The lowest BCUT2D eigenvalue weighted by molar-refractivity contribution is 0.480. The summed E-state index contributed by atoms with van der Waals surface area (Å²) in [5.41, 5.74) is 3.98. The molecule has 0 radical (unpaired) electrons. The molecule has 0 saturated heterocycles. The van der Waals surface area contributed by atoms with Gasteiger partial charge in [0.25, 0.3) is 0 Å². The molecule has 0 fully saturated rings. The van der Waals surface area contributed by atoms with Crippen LogP contribution in [0.5, 0.6) is 0 Å². The highest BCUT2D eigenvalue weighted by molar-refractivity contribution is 7.09. The number of imidazole rings is 1. The van der Waals surface area contributed by atoms with Gasteiger partial charge >= 0.3 is 0 Å². The molecule has 5 nitrogen and oxygen atoms in total. The van der Waals surface area contributed by atoms with Crippen LogP contribution in [-0.2, 0) is 19.9 Å². The third-order valence-electron chi connectivity index (χ3n) is 3.00. The van der Waals surface area contributed by atoms with Crippen LogP contribution in [0.2, 0.25) is 0 Å². The monoisotopic (exact) mass is 265 g/mol. The Balaban J connectivity index is 1.88. The normalized spacial score (nSPS) is 12.8. The molecule has 0 spiro atoms. The number of hydrogen-bond donors (Lipinski definition) is 2. The van der Waals surface area contributed by atoms with Crippen LogP contribution >= 0.6 is 11.3 Å². The summed E-state index contributed by atoms with van der Waals surface area (Å²) in [5, 5.41) is 3.20. The van der Waals surface area contributed by atoms with Gasteiger partial charge in [0.1, 0.15) is 5.82 Å². The number of nitrogens with two attached hydrogens (primary N) is 1. The van der Waals surface area contributed by atoms with E-state index in [2.05, 4.69) is 20.8 Å². The average molecular weight is 265 g/mol. The van der Waals surface area contributed by atoms with E-state index in [4.69, 9.17) is 5.84 Å². The topological polar surface area (TPSA) is 68.8 Å². The highest BCUT2D eigenvalue weighted by atomic mass is 32.1. The number of aromatic nitrogens is 3. The number of hydrazine groups is 1. The first-order valence-electron chi connectivity index (χ1n) is 6.02. The van der Waals surface area contributed by atoms with E-state index in [1.165, 1.54) is 0 Å². The van der Waals surface area contributed by atoms with Gasteiger partial charge in [0.15, 0.2) is 0 Å². The lowest BCUT2D eigenvalue weighted by Crippen LogP contribution is -2.37. The molecule has 18 heavy (non-hydrogen) atoms. The molecule has 0 aliphatic carbocycles. The molecule has 0 aliphatic heterocycles. The zero-order chi connectivity index (χ0) is 13.0. The Hall–Kier alpha value is -1.24.